The van der Waals surface area contributed by atoms with Crippen LogP contribution in [0.25, 0.3) is 6.08 Å². The minimum atomic E-state index is -0.747. The number of halogens is 1. The van der Waals surface area contributed by atoms with Crippen molar-refractivity contribution >= 4 is 45.8 Å². The number of hydrogen-bond donors (Lipinski definition) is 1. The zero-order chi connectivity index (χ0) is 23.3. The number of esters is 1. The van der Waals surface area contributed by atoms with Gasteiger partial charge in [-0.05, 0) is 43.5 Å². The largest absolute Gasteiger partial charge is 0.490 e. The van der Waals surface area contributed by atoms with Crippen LogP contribution in [0.15, 0.2) is 22.2 Å². The quantitative estimate of drug-likeness (QED) is 0.342. The van der Waals surface area contributed by atoms with Crippen LogP contribution in [-0.2, 0) is 19.1 Å². The summed E-state index contributed by atoms with van der Waals surface area (Å²) in [5.41, 5.74) is 0.344. The second kappa shape index (κ2) is 10.6. The van der Waals surface area contributed by atoms with E-state index in [1.54, 1.807) is 19.1 Å². The molecule has 1 heterocycles. The van der Waals surface area contributed by atoms with Gasteiger partial charge >= 0.3 is 12.0 Å². The number of ether oxygens (including phenoxy) is 3. The molecule has 0 atom stereocenters. The molecule has 0 aromatic heterocycles. The highest BCUT2D eigenvalue weighted by Gasteiger charge is 2.40. The third-order valence-electron chi connectivity index (χ3n) is 5.31. The first-order valence-electron chi connectivity index (χ1n) is 10.4. The molecule has 2 aliphatic rings. The molecule has 0 unspecified atom stereocenters. The fourth-order valence-corrected chi connectivity index (χ4v) is 4.17. The van der Waals surface area contributed by atoms with Crippen LogP contribution in [0.4, 0.5) is 4.79 Å². The van der Waals surface area contributed by atoms with Crippen LogP contribution in [0, 0.1) is 0 Å². The summed E-state index contributed by atoms with van der Waals surface area (Å²) in [6.45, 7) is 1.81. The van der Waals surface area contributed by atoms with Crippen molar-refractivity contribution in [1.29, 1.82) is 0 Å². The number of nitrogens with zero attached hydrogens (tertiary/aromatic N) is 1. The highest BCUT2D eigenvalue weighted by molar-refractivity contribution is 9.10. The van der Waals surface area contributed by atoms with Crippen molar-refractivity contribution in [3.8, 4) is 11.5 Å². The molecule has 2 fully saturated rings. The molecule has 0 radical (unpaired) electrons. The normalized spacial score (nSPS) is 18.5. The molecule has 1 aromatic rings. The SMILES string of the molecule is CCOc1cc(C=C2C(=O)NC(=O)N(C3CCCCC3)C2=O)c(Br)cc1OCC(=O)OC. The van der Waals surface area contributed by atoms with Crippen molar-refractivity contribution in [2.45, 2.75) is 45.1 Å². The summed E-state index contributed by atoms with van der Waals surface area (Å²) in [4.78, 5) is 50.5. The Hall–Kier alpha value is -2.88. The van der Waals surface area contributed by atoms with Gasteiger partial charge in [0.2, 0.25) is 0 Å². The summed E-state index contributed by atoms with van der Waals surface area (Å²) in [5.74, 6) is -1.28. The number of benzene rings is 1. The average molecular weight is 509 g/mol. The second-order valence-electron chi connectivity index (χ2n) is 7.40. The van der Waals surface area contributed by atoms with Crippen LogP contribution in [0.1, 0.15) is 44.6 Å². The molecule has 0 bridgehead atoms. The lowest BCUT2D eigenvalue weighted by Crippen LogP contribution is -2.58. The minimum absolute atomic E-state index is 0.137. The Kier molecular flexibility index (Phi) is 7.89. The van der Waals surface area contributed by atoms with E-state index in [0.717, 1.165) is 37.0 Å². The minimum Gasteiger partial charge on any atom is -0.490 e. The van der Waals surface area contributed by atoms with Crippen molar-refractivity contribution in [2.24, 2.45) is 0 Å². The first kappa shape index (κ1) is 23.8. The maximum absolute atomic E-state index is 13.1. The Morgan fingerprint density at radius 2 is 1.84 bits per heavy atom. The van der Waals surface area contributed by atoms with Gasteiger partial charge in [0.25, 0.3) is 11.8 Å². The fourth-order valence-electron chi connectivity index (χ4n) is 3.74. The number of carbonyl (C=O) groups excluding carboxylic acids is 4. The monoisotopic (exact) mass is 508 g/mol. The van der Waals surface area contributed by atoms with E-state index in [1.807, 2.05) is 0 Å². The summed E-state index contributed by atoms with van der Waals surface area (Å²) >= 11 is 3.41. The second-order valence-corrected chi connectivity index (χ2v) is 8.26. The number of urea groups is 1. The first-order valence-corrected chi connectivity index (χ1v) is 11.2. The fraction of sp³-hybridized carbons (Fsp3) is 0.455. The lowest BCUT2D eigenvalue weighted by atomic mass is 9.93. The smallest absolute Gasteiger partial charge is 0.343 e. The molecule has 10 heteroatoms. The number of imide groups is 2. The van der Waals surface area contributed by atoms with E-state index in [0.29, 0.717) is 28.1 Å². The van der Waals surface area contributed by atoms with E-state index < -0.39 is 23.8 Å². The van der Waals surface area contributed by atoms with Crippen LogP contribution >= 0.6 is 15.9 Å². The molecule has 1 aromatic carbocycles. The van der Waals surface area contributed by atoms with Gasteiger partial charge in [-0.25, -0.2) is 9.59 Å². The van der Waals surface area contributed by atoms with E-state index in [9.17, 15) is 19.2 Å². The van der Waals surface area contributed by atoms with Gasteiger partial charge in [-0.2, -0.15) is 0 Å². The molecule has 1 N–H and O–H groups in total. The van der Waals surface area contributed by atoms with Gasteiger partial charge in [0.15, 0.2) is 18.1 Å². The number of carbonyl (C=O) groups is 4. The van der Waals surface area contributed by atoms with Gasteiger partial charge in [0, 0.05) is 10.5 Å². The topological polar surface area (TPSA) is 111 Å². The zero-order valence-electron chi connectivity index (χ0n) is 17.9. The van der Waals surface area contributed by atoms with Gasteiger partial charge in [-0.1, -0.05) is 35.2 Å². The molecule has 172 valence electrons. The number of hydrogen-bond acceptors (Lipinski definition) is 7. The van der Waals surface area contributed by atoms with E-state index >= 15 is 0 Å². The summed E-state index contributed by atoms with van der Waals surface area (Å²) in [5, 5.41) is 2.27. The van der Waals surface area contributed by atoms with Gasteiger partial charge in [0.1, 0.15) is 5.57 Å². The number of methoxy groups -OCH3 is 1. The third-order valence-corrected chi connectivity index (χ3v) is 6.00. The lowest BCUT2D eigenvalue weighted by Gasteiger charge is -2.35. The summed E-state index contributed by atoms with van der Waals surface area (Å²) in [6.07, 6.45) is 5.81. The molecule has 4 amide bonds. The number of nitrogens with one attached hydrogen (secondary N) is 1. The molecule has 32 heavy (non-hydrogen) atoms. The van der Waals surface area contributed by atoms with Crippen LogP contribution in [0.2, 0.25) is 0 Å². The molecule has 3 rings (SSSR count). The highest BCUT2D eigenvalue weighted by Crippen LogP contribution is 2.35. The predicted octanol–water partition coefficient (Wildman–Crippen LogP) is 3.19. The number of rotatable bonds is 7. The summed E-state index contributed by atoms with van der Waals surface area (Å²) in [6, 6.07) is 2.28. The van der Waals surface area contributed by atoms with Gasteiger partial charge in [0.05, 0.1) is 13.7 Å². The molecule has 9 nitrogen and oxygen atoms in total. The Bertz CT molecular complexity index is 954. The Morgan fingerprint density at radius 3 is 2.50 bits per heavy atom. The predicted molar refractivity (Wildman–Crippen MR) is 118 cm³/mol. The molecule has 1 saturated heterocycles. The maximum Gasteiger partial charge on any atom is 0.343 e. The lowest BCUT2D eigenvalue weighted by molar-refractivity contribution is -0.143. The van der Waals surface area contributed by atoms with Gasteiger partial charge in [-0.3, -0.25) is 19.8 Å². The molecule has 0 spiro atoms. The van der Waals surface area contributed by atoms with E-state index in [-0.39, 0.29) is 18.2 Å². The molecule has 1 aliphatic heterocycles. The van der Waals surface area contributed by atoms with Crippen molar-refractivity contribution in [3.05, 3.63) is 27.7 Å². The molecular weight excluding hydrogens is 484 g/mol. The standard InChI is InChI=1S/C22H25BrN2O7/c1-3-31-17-10-13(16(23)11-18(17)32-12-19(26)30-2)9-15-20(27)24-22(29)25(21(15)28)14-7-5-4-6-8-14/h9-11,14H,3-8,12H2,1-2H3,(H,24,27,29). The number of amides is 4. The Labute approximate surface area is 194 Å². The van der Waals surface area contributed by atoms with Crippen LogP contribution in [0.5, 0.6) is 11.5 Å². The summed E-state index contributed by atoms with van der Waals surface area (Å²) < 4.78 is 16.2. The molecular formula is C22H25BrN2O7. The van der Waals surface area contributed by atoms with Crippen molar-refractivity contribution in [2.75, 3.05) is 20.3 Å². The zero-order valence-corrected chi connectivity index (χ0v) is 19.5. The van der Waals surface area contributed by atoms with Crippen LogP contribution in [-0.4, -0.2) is 55.1 Å². The van der Waals surface area contributed by atoms with Gasteiger partial charge in [-0.15, -0.1) is 0 Å². The average Bonchev–Trinajstić information content (AvgIpc) is 2.77. The summed E-state index contributed by atoms with van der Waals surface area (Å²) in [7, 11) is 1.26. The maximum atomic E-state index is 13.1. The Morgan fingerprint density at radius 1 is 1.16 bits per heavy atom. The first-order chi connectivity index (χ1) is 15.3. The van der Waals surface area contributed by atoms with Crippen molar-refractivity contribution in [3.63, 3.8) is 0 Å². The van der Waals surface area contributed by atoms with Gasteiger partial charge < -0.3 is 14.2 Å². The van der Waals surface area contributed by atoms with E-state index in [2.05, 4.69) is 26.0 Å². The molecule has 1 saturated carbocycles. The third kappa shape index (κ3) is 5.29. The highest BCUT2D eigenvalue weighted by atomic mass is 79.9. The molecule has 1 aliphatic carbocycles. The van der Waals surface area contributed by atoms with Crippen molar-refractivity contribution in [1.82, 2.24) is 10.2 Å². The van der Waals surface area contributed by atoms with Crippen LogP contribution < -0.4 is 14.8 Å². The van der Waals surface area contributed by atoms with Crippen molar-refractivity contribution < 1.29 is 33.4 Å². The van der Waals surface area contributed by atoms with E-state index in [1.165, 1.54) is 13.2 Å². The Balaban J connectivity index is 1.93. The van der Waals surface area contributed by atoms with Crippen LogP contribution in [0.3, 0.4) is 0 Å². The number of barbiturate groups is 1. The van der Waals surface area contributed by atoms with E-state index in [4.69, 9.17) is 9.47 Å².